The molecule has 196 valence electrons. The lowest BCUT2D eigenvalue weighted by molar-refractivity contribution is -0.137. The van der Waals surface area contributed by atoms with Crippen LogP contribution in [0.3, 0.4) is 0 Å². The zero-order valence-corrected chi connectivity index (χ0v) is 21.0. The Hall–Kier alpha value is -2.63. The summed E-state index contributed by atoms with van der Waals surface area (Å²) >= 11 is 0. The fourth-order valence-electron chi connectivity index (χ4n) is 4.53. The second-order valence-electron chi connectivity index (χ2n) is 9.47. The number of benzene rings is 2. The van der Waals surface area contributed by atoms with Gasteiger partial charge in [-0.1, -0.05) is 13.0 Å². The molecule has 0 unspecified atom stereocenters. The number of nitrogens with one attached hydrogen (secondary N) is 1. The molecule has 0 radical (unpaired) electrons. The predicted molar refractivity (Wildman–Crippen MR) is 132 cm³/mol. The van der Waals surface area contributed by atoms with Crippen LogP contribution < -0.4 is 10.2 Å². The van der Waals surface area contributed by atoms with Crippen molar-refractivity contribution in [3.63, 3.8) is 0 Å². The Morgan fingerprint density at radius 1 is 0.972 bits per heavy atom. The van der Waals surface area contributed by atoms with Gasteiger partial charge in [-0.2, -0.15) is 17.5 Å². The lowest BCUT2D eigenvalue weighted by Crippen LogP contribution is -2.48. The van der Waals surface area contributed by atoms with Crippen molar-refractivity contribution in [2.45, 2.75) is 30.8 Å². The van der Waals surface area contributed by atoms with E-state index < -0.39 is 21.8 Å². The third kappa shape index (κ3) is 6.37. The van der Waals surface area contributed by atoms with Crippen LogP contribution in [0, 0.1) is 5.92 Å². The molecule has 4 rings (SSSR count). The molecule has 0 spiro atoms. The van der Waals surface area contributed by atoms with E-state index in [-0.39, 0.29) is 17.3 Å². The lowest BCUT2D eigenvalue weighted by Gasteiger charge is -2.36. The number of piperazine rings is 1. The SMILES string of the molecule is CC1CCN(S(=O)(=O)c2ccc(NC(=O)CN3CCN(c4cccc(C(F)(F)F)c4)CC3)cc2)CC1. The number of piperidine rings is 1. The molecule has 2 aliphatic heterocycles. The van der Waals surface area contributed by atoms with Crippen LogP contribution >= 0.6 is 0 Å². The Kier molecular flexibility index (Phi) is 7.91. The molecule has 2 aromatic carbocycles. The van der Waals surface area contributed by atoms with Crippen LogP contribution in [0.15, 0.2) is 53.4 Å². The van der Waals surface area contributed by atoms with Gasteiger partial charge in [0, 0.05) is 50.6 Å². The van der Waals surface area contributed by atoms with Gasteiger partial charge in [0.15, 0.2) is 0 Å². The van der Waals surface area contributed by atoms with Gasteiger partial charge >= 0.3 is 6.18 Å². The molecule has 1 amide bonds. The van der Waals surface area contributed by atoms with Crippen molar-refractivity contribution < 1.29 is 26.4 Å². The minimum Gasteiger partial charge on any atom is -0.369 e. The molecule has 1 N–H and O–H groups in total. The Labute approximate surface area is 209 Å². The van der Waals surface area contributed by atoms with Gasteiger partial charge in [-0.3, -0.25) is 9.69 Å². The van der Waals surface area contributed by atoms with E-state index in [0.29, 0.717) is 56.6 Å². The van der Waals surface area contributed by atoms with E-state index in [0.717, 1.165) is 25.0 Å². The quantitative estimate of drug-likeness (QED) is 0.621. The van der Waals surface area contributed by atoms with Gasteiger partial charge in [-0.05, 0) is 61.2 Å². The summed E-state index contributed by atoms with van der Waals surface area (Å²) < 4.78 is 66.2. The Balaban J connectivity index is 1.27. The summed E-state index contributed by atoms with van der Waals surface area (Å²) in [7, 11) is -3.55. The summed E-state index contributed by atoms with van der Waals surface area (Å²) in [5, 5.41) is 2.79. The van der Waals surface area contributed by atoms with E-state index in [1.807, 2.05) is 9.80 Å². The molecule has 2 heterocycles. The van der Waals surface area contributed by atoms with Crippen LogP contribution in [0.2, 0.25) is 0 Å². The van der Waals surface area contributed by atoms with Crippen molar-refractivity contribution in [2.75, 3.05) is 56.0 Å². The molecule has 2 saturated heterocycles. The molecule has 2 fully saturated rings. The number of hydrogen-bond donors (Lipinski definition) is 1. The number of carbonyl (C=O) groups excluding carboxylic acids is 1. The van der Waals surface area contributed by atoms with E-state index in [2.05, 4.69) is 12.2 Å². The number of sulfonamides is 1. The van der Waals surface area contributed by atoms with Gasteiger partial charge in [0.2, 0.25) is 15.9 Å². The van der Waals surface area contributed by atoms with Crippen LogP contribution in [0.25, 0.3) is 0 Å². The van der Waals surface area contributed by atoms with Crippen LogP contribution in [0.4, 0.5) is 24.5 Å². The molecule has 0 bridgehead atoms. The fourth-order valence-corrected chi connectivity index (χ4v) is 6.00. The van der Waals surface area contributed by atoms with E-state index >= 15 is 0 Å². The maximum absolute atomic E-state index is 13.0. The first-order valence-electron chi connectivity index (χ1n) is 12.1. The molecule has 11 heteroatoms. The van der Waals surface area contributed by atoms with E-state index in [9.17, 15) is 26.4 Å². The van der Waals surface area contributed by atoms with Crippen molar-refractivity contribution in [1.82, 2.24) is 9.21 Å². The number of hydrogen-bond acceptors (Lipinski definition) is 5. The zero-order chi connectivity index (χ0) is 25.9. The van der Waals surface area contributed by atoms with Crippen molar-refractivity contribution in [3.8, 4) is 0 Å². The highest BCUT2D eigenvalue weighted by atomic mass is 32.2. The molecule has 36 heavy (non-hydrogen) atoms. The number of nitrogens with zero attached hydrogens (tertiary/aromatic N) is 3. The molecular formula is C25H31F3N4O3S. The highest BCUT2D eigenvalue weighted by Gasteiger charge is 2.31. The predicted octanol–water partition coefficient (Wildman–Crippen LogP) is 3.89. The van der Waals surface area contributed by atoms with Gasteiger partial charge in [-0.25, -0.2) is 8.42 Å². The Morgan fingerprint density at radius 3 is 2.22 bits per heavy atom. The third-order valence-electron chi connectivity index (χ3n) is 6.80. The summed E-state index contributed by atoms with van der Waals surface area (Å²) in [4.78, 5) is 16.6. The topological polar surface area (TPSA) is 73.0 Å². The largest absolute Gasteiger partial charge is 0.416 e. The summed E-state index contributed by atoms with van der Waals surface area (Å²) in [6.45, 7) is 5.39. The van der Waals surface area contributed by atoms with Gasteiger partial charge in [0.05, 0.1) is 17.0 Å². The number of carbonyl (C=O) groups is 1. The minimum atomic E-state index is -4.38. The monoisotopic (exact) mass is 524 g/mol. The maximum atomic E-state index is 13.0. The molecule has 2 aromatic rings. The highest BCUT2D eigenvalue weighted by molar-refractivity contribution is 7.89. The van der Waals surface area contributed by atoms with Gasteiger partial charge < -0.3 is 10.2 Å². The molecule has 0 atom stereocenters. The number of rotatable bonds is 6. The molecule has 7 nitrogen and oxygen atoms in total. The summed E-state index contributed by atoms with van der Waals surface area (Å²) in [6.07, 6.45) is -2.69. The number of amides is 1. The minimum absolute atomic E-state index is 0.141. The Bertz CT molecular complexity index is 1160. The number of alkyl halides is 3. The number of anilines is 2. The molecule has 0 aromatic heterocycles. The first kappa shape index (κ1) is 26.4. The maximum Gasteiger partial charge on any atom is 0.416 e. The summed E-state index contributed by atoms with van der Waals surface area (Å²) in [6, 6.07) is 11.5. The van der Waals surface area contributed by atoms with Gasteiger partial charge in [-0.15, -0.1) is 0 Å². The summed E-state index contributed by atoms with van der Waals surface area (Å²) in [5.41, 5.74) is 0.350. The highest BCUT2D eigenvalue weighted by Crippen LogP contribution is 2.32. The number of halogens is 3. The first-order valence-corrected chi connectivity index (χ1v) is 13.5. The molecular weight excluding hydrogens is 493 g/mol. The van der Waals surface area contributed by atoms with E-state index in [4.69, 9.17) is 0 Å². The lowest BCUT2D eigenvalue weighted by atomic mass is 10.0. The Morgan fingerprint density at radius 2 is 1.61 bits per heavy atom. The van der Waals surface area contributed by atoms with Gasteiger partial charge in [0.25, 0.3) is 0 Å². The molecule has 0 aliphatic carbocycles. The third-order valence-corrected chi connectivity index (χ3v) is 8.71. The zero-order valence-electron chi connectivity index (χ0n) is 20.2. The van der Waals surface area contributed by atoms with Crippen LogP contribution in [0.1, 0.15) is 25.3 Å². The van der Waals surface area contributed by atoms with Crippen LogP contribution in [-0.4, -0.2) is 69.3 Å². The van der Waals surface area contributed by atoms with Crippen molar-refractivity contribution >= 4 is 27.3 Å². The van der Waals surface area contributed by atoms with Crippen molar-refractivity contribution in [3.05, 3.63) is 54.1 Å². The second-order valence-corrected chi connectivity index (χ2v) is 11.4. The standard InChI is InChI=1S/C25H31F3N4O3S/c1-19-9-11-32(12-10-19)36(34,35)23-7-5-21(6-8-23)29-24(33)18-30-13-15-31(16-14-30)22-4-2-3-20(17-22)25(26,27)28/h2-8,17,19H,9-16,18H2,1H3,(H,29,33). The molecule has 2 aliphatic rings. The summed E-state index contributed by atoms with van der Waals surface area (Å²) in [5.74, 6) is 0.292. The van der Waals surface area contributed by atoms with E-state index in [1.54, 1.807) is 18.2 Å². The van der Waals surface area contributed by atoms with Crippen molar-refractivity contribution in [2.24, 2.45) is 5.92 Å². The van der Waals surface area contributed by atoms with Gasteiger partial charge in [0.1, 0.15) is 0 Å². The molecule has 0 saturated carbocycles. The average Bonchev–Trinajstić information content (AvgIpc) is 2.85. The smallest absolute Gasteiger partial charge is 0.369 e. The second kappa shape index (κ2) is 10.8. The van der Waals surface area contributed by atoms with Crippen LogP contribution in [-0.2, 0) is 21.0 Å². The van der Waals surface area contributed by atoms with Crippen LogP contribution in [0.5, 0.6) is 0 Å². The average molecular weight is 525 g/mol. The van der Waals surface area contributed by atoms with Crippen molar-refractivity contribution in [1.29, 1.82) is 0 Å². The first-order chi connectivity index (χ1) is 17.0. The fraction of sp³-hybridized carbons (Fsp3) is 0.480. The normalized spacial score (nSPS) is 18.8. The van der Waals surface area contributed by atoms with E-state index in [1.165, 1.54) is 22.5 Å².